The van der Waals surface area contributed by atoms with Gasteiger partial charge in [0.2, 0.25) is 0 Å². The number of rotatable bonds is 6. The molecule has 1 atom stereocenters. The number of hydrogen-bond acceptors (Lipinski definition) is 2. The number of hydrogen-bond donors (Lipinski definition) is 2. The second kappa shape index (κ2) is 6.64. The fraction of sp³-hybridized carbons (Fsp3) is 0.538. The van der Waals surface area contributed by atoms with E-state index in [9.17, 15) is 13.2 Å². The molecule has 0 aromatic heterocycles. The van der Waals surface area contributed by atoms with Gasteiger partial charge in [0.1, 0.15) is 0 Å². The minimum Gasteiger partial charge on any atom is -0.396 e. The Morgan fingerprint density at radius 3 is 2.28 bits per heavy atom. The third kappa shape index (κ3) is 4.56. The highest BCUT2D eigenvalue weighted by molar-refractivity contribution is 5.45. The molecule has 0 bridgehead atoms. The molecular formula is C13H18F3NO. The topological polar surface area (TPSA) is 32.3 Å². The van der Waals surface area contributed by atoms with Gasteiger partial charge in [-0.25, -0.2) is 0 Å². The van der Waals surface area contributed by atoms with Crippen LogP contribution < -0.4 is 5.32 Å². The zero-order valence-corrected chi connectivity index (χ0v) is 10.3. The molecule has 1 rings (SSSR count). The lowest BCUT2D eigenvalue weighted by Crippen LogP contribution is -2.15. The fourth-order valence-electron chi connectivity index (χ4n) is 1.67. The molecule has 2 nitrogen and oxygen atoms in total. The maximum absolute atomic E-state index is 12.3. The van der Waals surface area contributed by atoms with Gasteiger partial charge < -0.3 is 10.4 Å². The van der Waals surface area contributed by atoms with Gasteiger partial charge in [-0.1, -0.05) is 13.3 Å². The molecular weight excluding hydrogens is 243 g/mol. The minimum atomic E-state index is -4.29. The average Bonchev–Trinajstić information content (AvgIpc) is 2.34. The molecule has 0 amide bonds. The van der Waals surface area contributed by atoms with E-state index in [4.69, 9.17) is 5.11 Å². The Morgan fingerprint density at radius 1 is 1.22 bits per heavy atom. The van der Waals surface area contributed by atoms with Gasteiger partial charge in [-0.15, -0.1) is 0 Å². The molecule has 1 aromatic carbocycles. The number of aliphatic hydroxyl groups is 1. The van der Waals surface area contributed by atoms with Crippen LogP contribution in [0.3, 0.4) is 0 Å². The highest BCUT2D eigenvalue weighted by atomic mass is 19.4. The van der Waals surface area contributed by atoms with Crippen LogP contribution >= 0.6 is 0 Å². The maximum atomic E-state index is 12.3. The van der Waals surface area contributed by atoms with E-state index in [-0.39, 0.29) is 6.61 Å². The summed E-state index contributed by atoms with van der Waals surface area (Å²) in [6.45, 7) is 2.81. The first-order chi connectivity index (χ1) is 8.47. The third-order valence-corrected chi connectivity index (χ3v) is 2.92. The third-order valence-electron chi connectivity index (χ3n) is 2.92. The molecule has 0 saturated heterocycles. The van der Waals surface area contributed by atoms with Gasteiger partial charge in [-0.05, 0) is 36.6 Å². The Balaban J connectivity index is 2.53. The van der Waals surface area contributed by atoms with E-state index in [2.05, 4.69) is 5.32 Å². The molecule has 1 unspecified atom stereocenters. The summed E-state index contributed by atoms with van der Waals surface area (Å²) in [5.74, 6) is 0.331. The van der Waals surface area contributed by atoms with Crippen molar-refractivity contribution in [2.75, 3.05) is 18.5 Å². The normalized spacial score (nSPS) is 13.4. The Kier molecular flexibility index (Phi) is 5.47. The van der Waals surface area contributed by atoms with Crippen molar-refractivity contribution in [3.63, 3.8) is 0 Å². The van der Waals surface area contributed by atoms with Crippen molar-refractivity contribution in [2.24, 2.45) is 5.92 Å². The predicted octanol–water partition coefficient (Wildman–Crippen LogP) is 3.53. The van der Waals surface area contributed by atoms with E-state index in [0.717, 1.165) is 18.6 Å². The lowest BCUT2D eigenvalue weighted by atomic mass is 10.0. The summed E-state index contributed by atoms with van der Waals surface area (Å²) in [5.41, 5.74) is 0.0230. The van der Waals surface area contributed by atoms with Crippen LogP contribution in [0.15, 0.2) is 24.3 Å². The summed E-state index contributed by atoms with van der Waals surface area (Å²) >= 11 is 0. The molecule has 0 fully saturated rings. The largest absolute Gasteiger partial charge is 0.416 e. The van der Waals surface area contributed by atoms with Crippen molar-refractivity contribution in [3.8, 4) is 0 Å². The fourth-order valence-corrected chi connectivity index (χ4v) is 1.67. The van der Waals surface area contributed by atoms with Crippen LogP contribution in [0.1, 0.15) is 25.3 Å². The Hall–Kier alpha value is -1.23. The summed E-state index contributed by atoms with van der Waals surface area (Å²) in [6.07, 6.45) is -2.67. The number of nitrogens with one attached hydrogen (secondary N) is 1. The molecule has 0 radical (unpaired) electrons. The number of alkyl halides is 3. The minimum absolute atomic E-state index is 0.132. The van der Waals surface area contributed by atoms with Crippen molar-refractivity contribution in [2.45, 2.75) is 25.9 Å². The van der Waals surface area contributed by atoms with Gasteiger partial charge in [-0.2, -0.15) is 13.2 Å². The number of aliphatic hydroxyl groups excluding tert-OH is 1. The molecule has 0 spiro atoms. The summed E-state index contributed by atoms with van der Waals surface area (Å²) in [6, 6.07) is 4.98. The summed E-state index contributed by atoms with van der Waals surface area (Å²) < 4.78 is 37.0. The predicted molar refractivity (Wildman–Crippen MR) is 65.4 cm³/mol. The SMILES string of the molecule is CCC(CCO)CNc1ccc(C(F)(F)F)cc1. The molecule has 5 heteroatoms. The van der Waals surface area contributed by atoms with Gasteiger partial charge in [0, 0.05) is 18.8 Å². The molecule has 0 aliphatic carbocycles. The van der Waals surface area contributed by atoms with Crippen LogP contribution in [0.2, 0.25) is 0 Å². The zero-order valence-electron chi connectivity index (χ0n) is 10.3. The van der Waals surface area contributed by atoms with Gasteiger partial charge in [0.05, 0.1) is 5.56 Å². The van der Waals surface area contributed by atoms with Gasteiger partial charge in [0.15, 0.2) is 0 Å². The van der Waals surface area contributed by atoms with Crippen LogP contribution in [-0.2, 0) is 6.18 Å². The van der Waals surface area contributed by atoms with Crippen LogP contribution in [-0.4, -0.2) is 18.3 Å². The lowest BCUT2D eigenvalue weighted by molar-refractivity contribution is -0.137. The molecule has 0 aliphatic rings. The monoisotopic (exact) mass is 261 g/mol. The molecule has 18 heavy (non-hydrogen) atoms. The van der Waals surface area contributed by atoms with E-state index in [1.54, 1.807) is 0 Å². The molecule has 2 N–H and O–H groups in total. The van der Waals surface area contributed by atoms with Gasteiger partial charge in [0.25, 0.3) is 0 Å². The highest BCUT2D eigenvalue weighted by Crippen LogP contribution is 2.29. The van der Waals surface area contributed by atoms with Crippen molar-refractivity contribution in [1.82, 2.24) is 0 Å². The Labute approximate surface area is 105 Å². The lowest BCUT2D eigenvalue weighted by Gasteiger charge is -2.15. The first-order valence-corrected chi connectivity index (χ1v) is 5.99. The molecule has 0 heterocycles. The van der Waals surface area contributed by atoms with Crippen molar-refractivity contribution in [1.29, 1.82) is 0 Å². The quantitative estimate of drug-likeness (QED) is 0.821. The highest BCUT2D eigenvalue weighted by Gasteiger charge is 2.29. The summed E-state index contributed by atoms with van der Waals surface area (Å²) in [7, 11) is 0. The number of anilines is 1. The second-order valence-electron chi connectivity index (χ2n) is 4.24. The van der Waals surface area contributed by atoms with Crippen LogP contribution in [0.25, 0.3) is 0 Å². The average molecular weight is 261 g/mol. The van der Waals surface area contributed by atoms with Crippen molar-refractivity contribution >= 4 is 5.69 Å². The van der Waals surface area contributed by atoms with Gasteiger partial charge >= 0.3 is 6.18 Å². The van der Waals surface area contributed by atoms with Gasteiger partial charge in [-0.3, -0.25) is 0 Å². The Bertz CT molecular complexity index is 348. The molecule has 102 valence electrons. The number of benzene rings is 1. The zero-order chi connectivity index (χ0) is 13.6. The second-order valence-corrected chi connectivity index (χ2v) is 4.24. The van der Waals surface area contributed by atoms with Crippen LogP contribution in [0, 0.1) is 5.92 Å². The molecule has 1 aromatic rings. The summed E-state index contributed by atoms with van der Waals surface area (Å²) in [5, 5.41) is 11.9. The molecule has 0 saturated carbocycles. The van der Waals surface area contributed by atoms with Crippen LogP contribution in [0.5, 0.6) is 0 Å². The van der Waals surface area contributed by atoms with Crippen molar-refractivity contribution < 1.29 is 18.3 Å². The number of halogens is 3. The smallest absolute Gasteiger partial charge is 0.396 e. The maximum Gasteiger partial charge on any atom is 0.416 e. The van der Waals surface area contributed by atoms with E-state index in [0.29, 0.717) is 24.6 Å². The van der Waals surface area contributed by atoms with E-state index < -0.39 is 11.7 Å². The molecule has 0 aliphatic heterocycles. The van der Waals surface area contributed by atoms with E-state index in [1.807, 2.05) is 6.92 Å². The summed E-state index contributed by atoms with van der Waals surface area (Å²) in [4.78, 5) is 0. The first kappa shape index (κ1) is 14.8. The standard InChI is InChI=1S/C13H18F3NO/c1-2-10(7-8-18)9-17-12-5-3-11(4-6-12)13(14,15)16/h3-6,10,17-18H,2,7-9H2,1H3. The Morgan fingerprint density at radius 2 is 1.83 bits per heavy atom. The van der Waals surface area contributed by atoms with Crippen LogP contribution in [0.4, 0.5) is 18.9 Å². The van der Waals surface area contributed by atoms with E-state index >= 15 is 0 Å². The first-order valence-electron chi connectivity index (χ1n) is 5.99. The van der Waals surface area contributed by atoms with E-state index in [1.165, 1.54) is 12.1 Å². The van der Waals surface area contributed by atoms with Crippen molar-refractivity contribution in [3.05, 3.63) is 29.8 Å².